The molecule has 1 fully saturated rings. The summed E-state index contributed by atoms with van der Waals surface area (Å²) < 4.78 is 0.538. The fourth-order valence-corrected chi connectivity index (χ4v) is 2.42. The monoisotopic (exact) mass is 222 g/mol. The number of hydrogen-bond acceptors (Lipinski definition) is 3. The van der Waals surface area contributed by atoms with Crippen LogP contribution in [0.3, 0.4) is 0 Å². The van der Waals surface area contributed by atoms with Gasteiger partial charge in [0.2, 0.25) is 0 Å². The quantitative estimate of drug-likeness (QED) is 0.829. The normalized spacial score (nSPS) is 19.9. The zero-order valence-corrected chi connectivity index (χ0v) is 10.2. The van der Waals surface area contributed by atoms with Gasteiger partial charge in [-0.25, -0.2) is 0 Å². The molecule has 1 saturated carbocycles. The van der Waals surface area contributed by atoms with Crippen molar-refractivity contribution in [2.24, 2.45) is 0 Å². The van der Waals surface area contributed by atoms with E-state index >= 15 is 0 Å². The molecular formula is C12H18N2S. The van der Waals surface area contributed by atoms with E-state index in [4.69, 9.17) is 0 Å². The van der Waals surface area contributed by atoms with Gasteiger partial charge in [-0.2, -0.15) is 11.8 Å². The zero-order chi connectivity index (χ0) is 10.7. The molecule has 0 aliphatic heterocycles. The van der Waals surface area contributed by atoms with E-state index in [1.807, 2.05) is 30.2 Å². The molecule has 2 rings (SSSR count). The lowest BCUT2D eigenvalue weighted by molar-refractivity contribution is 0.562. The van der Waals surface area contributed by atoms with E-state index in [0.717, 1.165) is 6.54 Å². The molecule has 15 heavy (non-hydrogen) atoms. The molecule has 1 atom stereocenters. The van der Waals surface area contributed by atoms with Gasteiger partial charge >= 0.3 is 0 Å². The van der Waals surface area contributed by atoms with Crippen molar-refractivity contribution < 1.29 is 0 Å². The van der Waals surface area contributed by atoms with Gasteiger partial charge in [-0.3, -0.25) is 4.98 Å². The lowest BCUT2D eigenvalue weighted by atomic mass is 10.1. The molecule has 1 heterocycles. The van der Waals surface area contributed by atoms with Crippen LogP contribution >= 0.6 is 11.8 Å². The fourth-order valence-electron chi connectivity index (χ4n) is 1.68. The highest BCUT2D eigenvalue weighted by atomic mass is 32.2. The average Bonchev–Trinajstić information content (AvgIpc) is 3.08. The van der Waals surface area contributed by atoms with Crippen molar-refractivity contribution in [3.63, 3.8) is 0 Å². The van der Waals surface area contributed by atoms with Gasteiger partial charge in [-0.1, -0.05) is 6.07 Å². The zero-order valence-electron chi connectivity index (χ0n) is 9.36. The van der Waals surface area contributed by atoms with Crippen LogP contribution in [0.4, 0.5) is 0 Å². The van der Waals surface area contributed by atoms with E-state index < -0.39 is 0 Å². The van der Waals surface area contributed by atoms with Gasteiger partial charge in [0.25, 0.3) is 0 Å². The highest BCUT2D eigenvalue weighted by molar-refractivity contribution is 8.00. The summed E-state index contributed by atoms with van der Waals surface area (Å²) in [5, 5.41) is 3.59. The van der Waals surface area contributed by atoms with Crippen molar-refractivity contribution in [3.8, 4) is 0 Å². The predicted octanol–water partition coefficient (Wildman–Crippen LogP) is 2.63. The summed E-state index contributed by atoms with van der Waals surface area (Å²) in [4.78, 5) is 4.14. The summed E-state index contributed by atoms with van der Waals surface area (Å²) in [5.74, 6) is 0. The lowest BCUT2D eigenvalue weighted by Gasteiger charge is -2.18. The van der Waals surface area contributed by atoms with Crippen LogP contribution in [-0.2, 0) is 0 Å². The second kappa shape index (κ2) is 4.54. The second-order valence-corrected chi connectivity index (χ2v) is 5.55. The van der Waals surface area contributed by atoms with Gasteiger partial charge in [0.05, 0.1) is 0 Å². The molecule has 0 aromatic carbocycles. The number of rotatable bonds is 5. The van der Waals surface area contributed by atoms with Crippen LogP contribution in [0, 0.1) is 0 Å². The molecule has 82 valence electrons. The molecule has 3 heteroatoms. The Balaban J connectivity index is 1.85. The maximum absolute atomic E-state index is 4.14. The maximum atomic E-state index is 4.14. The number of aromatic nitrogens is 1. The number of pyridine rings is 1. The Labute approximate surface area is 95.9 Å². The molecule has 1 unspecified atom stereocenters. The van der Waals surface area contributed by atoms with Crippen molar-refractivity contribution in [1.29, 1.82) is 0 Å². The molecule has 1 aromatic rings. The molecule has 0 bridgehead atoms. The largest absolute Gasteiger partial charge is 0.309 e. The van der Waals surface area contributed by atoms with Crippen molar-refractivity contribution >= 4 is 11.8 Å². The Morgan fingerprint density at radius 3 is 2.93 bits per heavy atom. The Morgan fingerprint density at radius 2 is 2.40 bits per heavy atom. The van der Waals surface area contributed by atoms with Gasteiger partial charge < -0.3 is 5.32 Å². The third kappa shape index (κ3) is 2.73. The van der Waals surface area contributed by atoms with Gasteiger partial charge in [0, 0.05) is 29.7 Å². The Bertz CT molecular complexity index is 309. The summed E-state index contributed by atoms with van der Waals surface area (Å²) >= 11 is 2.00. The predicted molar refractivity (Wildman–Crippen MR) is 66.1 cm³/mol. The maximum Gasteiger partial charge on any atom is 0.0315 e. The Kier molecular flexibility index (Phi) is 3.32. The van der Waals surface area contributed by atoms with Crippen molar-refractivity contribution in [3.05, 3.63) is 30.1 Å². The van der Waals surface area contributed by atoms with Crippen LogP contribution in [0.2, 0.25) is 0 Å². The van der Waals surface area contributed by atoms with Crippen LogP contribution in [0.5, 0.6) is 0 Å². The summed E-state index contributed by atoms with van der Waals surface area (Å²) in [5.41, 5.74) is 1.27. The molecule has 0 amide bonds. The van der Waals surface area contributed by atoms with Crippen LogP contribution in [0.25, 0.3) is 0 Å². The molecule has 2 nitrogen and oxygen atoms in total. The van der Waals surface area contributed by atoms with Crippen LogP contribution in [0.15, 0.2) is 24.5 Å². The summed E-state index contributed by atoms with van der Waals surface area (Å²) in [6.07, 6.45) is 8.70. The van der Waals surface area contributed by atoms with E-state index in [1.165, 1.54) is 18.4 Å². The molecule has 1 aliphatic rings. The Morgan fingerprint density at radius 1 is 1.60 bits per heavy atom. The van der Waals surface area contributed by atoms with Crippen LogP contribution < -0.4 is 5.32 Å². The number of nitrogens with zero attached hydrogens (tertiary/aromatic N) is 1. The van der Waals surface area contributed by atoms with Crippen molar-refractivity contribution in [2.45, 2.75) is 30.6 Å². The minimum atomic E-state index is 0.406. The highest BCUT2D eigenvalue weighted by Gasteiger charge is 2.41. The standard InChI is InChI=1S/C12H18N2S/c1-10(11-4-3-7-13-8-11)14-9-12(15-2)5-6-12/h3-4,7-8,10,14H,5-6,9H2,1-2H3. The van der Waals surface area contributed by atoms with E-state index in [0.29, 0.717) is 10.8 Å². The molecular weight excluding hydrogens is 204 g/mol. The first-order valence-electron chi connectivity index (χ1n) is 5.44. The molecule has 0 saturated heterocycles. The summed E-state index contributed by atoms with van der Waals surface area (Å²) in [6.45, 7) is 3.32. The number of thioether (sulfide) groups is 1. The van der Waals surface area contributed by atoms with E-state index in [9.17, 15) is 0 Å². The van der Waals surface area contributed by atoms with E-state index in [-0.39, 0.29) is 0 Å². The minimum Gasteiger partial charge on any atom is -0.309 e. The van der Waals surface area contributed by atoms with Gasteiger partial charge in [0.15, 0.2) is 0 Å². The van der Waals surface area contributed by atoms with E-state index in [1.54, 1.807) is 0 Å². The molecule has 1 N–H and O–H groups in total. The fraction of sp³-hybridized carbons (Fsp3) is 0.583. The Hall–Kier alpha value is -0.540. The average molecular weight is 222 g/mol. The first kappa shape index (κ1) is 11.0. The molecule has 0 radical (unpaired) electrons. The van der Waals surface area contributed by atoms with Crippen molar-refractivity contribution in [1.82, 2.24) is 10.3 Å². The minimum absolute atomic E-state index is 0.406. The SMILES string of the molecule is CSC1(CNC(C)c2cccnc2)CC1. The topological polar surface area (TPSA) is 24.9 Å². The number of nitrogens with one attached hydrogen (secondary N) is 1. The van der Waals surface area contributed by atoms with E-state index in [2.05, 4.69) is 29.5 Å². The van der Waals surface area contributed by atoms with Gasteiger partial charge in [0.1, 0.15) is 0 Å². The van der Waals surface area contributed by atoms with Crippen LogP contribution in [0.1, 0.15) is 31.4 Å². The molecule has 0 spiro atoms. The third-order valence-corrected chi connectivity index (χ3v) is 4.57. The summed E-state index contributed by atoms with van der Waals surface area (Å²) in [7, 11) is 0. The van der Waals surface area contributed by atoms with Gasteiger partial charge in [-0.05, 0) is 37.7 Å². The van der Waals surface area contributed by atoms with Gasteiger partial charge in [-0.15, -0.1) is 0 Å². The third-order valence-electron chi connectivity index (χ3n) is 3.16. The lowest BCUT2D eigenvalue weighted by Crippen LogP contribution is -2.28. The second-order valence-electron chi connectivity index (χ2n) is 4.28. The first-order valence-corrected chi connectivity index (χ1v) is 6.67. The molecule has 1 aromatic heterocycles. The smallest absolute Gasteiger partial charge is 0.0315 e. The van der Waals surface area contributed by atoms with Crippen molar-refractivity contribution in [2.75, 3.05) is 12.8 Å². The number of hydrogen-bond donors (Lipinski definition) is 1. The highest BCUT2D eigenvalue weighted by Crippen LogP contribution is 2.46. The summed E-state index contributed by atoms with van der Waals surface area (Å²) in [6, 6.07) is 4.53. The first-order chi connectivity index (χ1) is 7.26. The van der Waals surface area contributed by atoms with Crippen LogP contribution in [-0.4, -0.2) is 22.5 Å². The molecule has 1 aliphatic carbocycles.